The number of benzene rings is 1. The second-order valence-corrected chi connectivity index (χ2v) is 4.81. The summed E-state index contributed by atoms with van der Waals surface area (Å²) in [5.74, 6) is -0.971. The first-order valence-electron chi connectivity index (χ1n) is 5.66. The number of nitrogens with one attached hydrogen (secondary N) is 1. The number of hydrogen-bond acceptors (Lipinski definition) is 5. The summed E-state index contributed by atoms with van der Waals surface area (Å²) in [6, 6.07) is 7.64. The minimum absolute atomic E-state index is 0.224. The van der Waals surface area contributed by atoms with Crippen molar-refractivity contribution in [2.45, 2.75) is 13.5 Å². The summed E-state index contributed by atoms with van der Waals surface area (Å²) in [5, 5.41) is 12.8. The molecule has 0 amide bonds. The summed E-state index contributed by atoms with van der Waals surface area (Å²) in [4.78, 5) is 11.2. The molecule has 0 fully saturated rings. The maximum atomic E-state index is 11.2. The van der Waals surface area contributed by atoms with Gasteiger partial charge in [0, 0.05) is 12.8 Å². The minimum atomic E-state index is -0.971. The summed E-state index contributed by atoms with van der Waals surface area (Å²) in [7, 11) is 1.63. The third-order valence-corrected chi connectivity index (χ3v) is 3.43. The van der Waals surface area contributed by atoms with Gasteiger partial charge in [0.25, 0.3) is 0 Å². The Morgan fingerprint density at radius 3 is 3.00 bits per heavy atom. The smallest absolute Gasteiger partial charge is 0.340 e. The maximum absolute atomic E-state index is 11.2. The molecule has 0 saturated carbocycles. The van der Waals surface area contributed by atoms with Crippen LogP contribution in [0.1, 0.15) is 21.6 Å². The van der Waals surface area contributed by atoms with Gasteiger partial charge in [-0.3, -0.25) is 0 Å². The number of carbonyl (C=O) groups is 1. The van der Waals surface area contributed by atoms with E-state index in [-0.39, 0.29) is 5.56 Å². The molecule has 2 aromatic rings. The molecular formula is C13H14N2O3S. The van der Waals surface area contributed by atoms with E-state index in [1.54, 1.807) is 14.0 Å². The van der Waals surface area contributed by atoms with Crippen molar-refractivity contribution in [2.75, 3.05) is 12.4 Å². The maximum Gasteiger partial charge on any atom is 0.340 e. The molecule has 2 N–H and O–H groups in total. The van der Waals surface area contributed by atoms with Gasteiger partial charge in [-0.15, -0.1) is 0 Å². The molecule has 0 radical (unpaired) electrons. The van der Waals surface area contributed by atoms with Crippen LogP contribution < -0.4 is 5.32 Å². The van der Waals surface area contributed by atoms with E-state index in [0.717, 1.165) is 22.8 Å². The number of aryl methyl sites for hydroxylation is 1. The van der Waals surface area contributed by atoms with Crippen LogP contribution in [0.5, 0.6) is 0 Å². The highest BCUT2D eigenvalue weighted by atomic mass is 32.1. The van der Waals surface area contributed by atoms with Crippen LogP contribution in [0, 0.1) is 6.92 Å². The Hall–Kier alpha value is -1.92. The lowest BCUT2D eigenvalue weighted by atomic mass is 10.2. The Balaban J connectivity index is 2.26. The van der Waals surface area contributed by atoms with E-state index in [1.165, 1.54) is 0 Å². The zero-order valence-electron chi connectivity index (χ0n) is 10.6. The number of methoxy groups -OCH3 is 1. The van der Waals surface area contributed by atoms with Crippen molar-refractivity contribution in [2.24, 2.45) is 0 Å². The zero-order chi connectivity index (χ0) is 13.8. The highest BCUT2D eigenvalue weighted by Crippen LogP contribution is 2.28. The molecule has 5 nitrogen and oxygen atoms in total. The number of rotatable bonds is 5. The van der Waals surface area contributed by atoms with E-state index in [1.807, 2.05) is 24.3 Å². The molecule has 0 unspecified atom stereocenters. The monoisotopic (exact) mass is 278 g/mol. The number of aromatic nitrogens is 1. The Kier molecular flexibility index (Phi) is 4.13. The van der Waals surface area contributed by atoms with Crippen LogP contribution in [0.4, 0.5) is 10.7 Å². The predicted octanol–water partition coefficient (Wildman–Crippen LogP) is 3.04. The van der Waals surface area contributed by atoms with Gasteiger partial charge in [0.2, 0.25) is 0 Å². The fourth-order valence-electron chi connectivity index (χ4n) is 1.74. The first kappa shape index (κ1) is 13.5. The van der Waals surface area contributed by atoms with E-state index < -0.39 is 5.97 Å². The van der Waals surface area contributed by atoms with Gasteiger partial charge in [0.05, 0.1) is 12.3 Å². The molecule has 2 rings (SSSR count). The Morgan fingerprint density at radius 1 is 1.53 bits per heavy atom. The lowest BCUT2D eigenvalue weighted by Gasteiger charge is -2.07. The van der Waals surface area contributed by atoms with Crippen molar-refractivity contribution >= 4 is 28.2 Å². The summed E-state index contributed by atoms with van der Waals surface area (Å²) in [6.45, 7) is 2.20. The molecule has 0 bridgehead atoms. The van der Waals surface area contributed by atoms with Crippen LogP contribution in [0.15, 0.2) is 24.3 Å². The first-order valence-corrected chi connectivity index (χ1v) is 6.43. The minimum Gasteiger partial charge on any atom is -0.478 e. The van der Waals surface area contributed by atoms with E-state index in [9.17, 15) is 4.79 Å². The number of aromatic carboxylic acids is 1. The molecular weight excluding hydrogens is 264 g/mol. The lowest BCUT2D eigenvalue weighted by molar-refractivity contribution is 0.0697. The molecule has 1 aromatic carbocycles. The average molecular weight is 278 g/mol. The zero-order valence-corrected chi connectivity index (χ0v) is 11.5. The van der Waals surface area contributed by atoms with Gasteiger partial charge in [-0.25, -0.2) is 4.79 Å². The SMILES string of the molecule is COCc1cccc(Nc2snc(C)c2C(=O)O)c1. The number of hydrogen-bond donors (Lipinski definition) is 2. The molecule has 1 heterocycles. The quantitative estimate of drug-likeness (QED) is 0.879. The second-order valence-electron chi connectivity index (χ2n) is 4.04. The van der Waals surface area contributed by atoms with E-state index in [4.69, 9.17) is 9.84 Å². The van der Waals surface area contributed by atoms with Gasteiger partial charge in [-0.1, -0.05) is 12.1 Å². The number of anilines is 2. The van der Waals surface area contributed by atoms with Crippen molar-refractivity contribution in [3.8, 4) is 0 Å². The first-order chi connectivity index (χ1) is 9.11. The van der Waals surface area contributed by atoms with Crippen LogP contribution in [0.3, 0.4) is 0 Å². The number of carboxylic acids is 1. The standard InChI is InChI=1S/C13H14N2O3S/c1-8-11(13(16)17)12(19-15-8)14-10-5-3-4-9(6-10)7-18-2/h3-6,14H,7H2,1-2H3,(H,16,17). The molecule has 19 heavy (non-hydrogen) atoms. The number of carboxylic acid groups (broad SMARTS) is 1. The highest BCUT2D eigenvalue weighted by Gasteiger charge is 2.17. The van der Waals surface area contributed by atoms with E-state index in [0.29, 0.717) is 17.3 Å². The van der Waals surface area contributed by atoms with Crippen molar-refractivity contribution in [3.05, 3.63) is 41.1 Å². The highest BCUT2D eigenvalue weighted by molar-refractivity contribution is 7.10. The van der Waals surface area contributed by atoms with Gasteiger partial charge in [0.1, 0.15) is 10.6 Å². The van der Waals surface area contributed by atoms with Gasteiger partial charge < -0.3 is 15.2 Å². The number of ether oxygens (including phenoxy) is 1. The Morgan fingerprint density at radius 2 is 2.32 bits per heavy atom. The molecule has 6 heteroatoms. The summed E-state index contributed by atoms with van der Waals surface area (Å²) in [5.41, 5.74) is 2.58. The molecule has 1 aromatic heterocycles. The van der Waals surface area contributed by atoms with Crippen LogP contribution in [0.2, 0.25) is 0 Å². The van der Waals surface area contributed by atoms with Crippen LogP contribution >= 0.6 is 11.5 Å². The molecule has 0 aliphatic carbocycles. The van der Waals surface area contributed by atoms with Crippen LogP contribution in [-0.4, -0.2) is 22.6 Å². The number of nitrogens with zero attached hydrogens (tertiary/aromatic N) is 1. The molecule has 0 spiro atoms. The van der Waals surface area contributed by atoms with Crippen LogP contribution in [0.25, 0.3) is 0 Å². The largest absolute Gasteiger partial charge is 0.478 e. The van der Waals surface area contributed by atoms with E-state index >= 15 is 0 Å². The molecule has 0 atom stereocenters. The molecule has 0 saturated heterocycles. The third-order valence-electron chi connectivity index (χ3n) is 2.57. The van der Waals surface area contributed by atoms with Crippen LogP contribution in [-0.2, 0) is 11.3 Å². The van der Waals surface area contributed by atoms with Gasteiger partial charge in [-0.05, 0) is 36.2 Å². The molecule has 0 aliphatic rings. The average Bonchev–Trinajstić information content (AvgIpc) is 2.71. The Labute approximate surface area is 115 Å². The normalized spacial score (nSPS) is 10.4. The summed E-state index contributed by atoms with van der Waals surface area (Å²) < 4.78 is 9.13. The fourth-order valence-corrected chi connectivity index (χ4v) is 2.55. The third kappa shape index (κ3) is 3.10. The predicted molar refractivity (Wildman–Crippen MR) is 74.2 cm³/mol. The lowest BCUT2D eigenvalue weighted by Crippen LogP contribution is -2.01. The van der Waals surface area contributed by atoms with Gasteiger partial charge in [0.15, 0.2) is 0 Å². The fraction of sp³-hybridized carbons (Fsp3) is 0.231. The van der Waals surface area contributed by atoms with Crippen molar-refractivity contribution < 1.29 is 14.6 Å². The van der Waals surface area contributed by atoms with Crippen molar-refractivity contribution in [1.82, 2.24) is 4.37 Å². The van der Waals surface area contributed by atoms with E-state index in [2.05, 4.69) is 9.69 Å². The van der Waals surface area contributed by atoms with Crippen molar-refractivity contribution in [3.63, 3.8) is 0 Å². The summed E-state index contributed by atoms with van der Waals surface area (Å²) in [6.07, 6.45) is 0. The second kappa shape index (κ2) is 5.81. The Bertz CT molecular complexity index is 595. The molecule has 0 aliphatic heterocycles. The topological polar surface area (TPSA) is 71.5 Å². The molecule has 100 valence electrons. The summed E-state index contributed by atoms with van der Waals surface area (Å²) >= 11 is 1.15. The van der Waals surface area contributed by atoms with Gasteiger partial charge >= 0.3 is 5.97 Å². The van der Waals surface area contributed by atoms with Crippen molar-refractivity contribution in [1.29, 1.82) is 0 Å². The van der Waals surface area contributed by atoms with Gasteiger partial charge in [-0.2, -0.15) is 4.37 Å².